The van der Waals surface area contributed by atoms with Crippen molar-refractivity contribution in [2.45, 2.75) is 39.4 Å². The van der Waals surface area contributed by atoms with Crippen molar-refractivity contribution < 1.29 is 14.3 Å². The Balaban J connectivity index is 2.03. The molecule has 3 nitrogen and oxygen atoms in total. The van der Waals surface area contributed by atoms with E-state index in [1.165, 1.54) is 0 Å². The van der Waals surface area contributed by atoms with E-state index in [1.807, 2.05) is 0 Å². The number of carbonyl (C=O) groups excluding carboxylic acids is 1. The highest BCUT2D eigenvalue weighted by Crippen LogP contribution is 2.77. The van der Waals surface area contributed by atoms with Crippen LogP contribution in [0.1, 0.15) is 33.6 Å². The molecule has 4 aliphatic carbocycles. The van der Waals surface area contributed by atoms with Crippen molar-refractivity contribution in [2.24, 2.45) is 28.1 Å². The first kappa shape index (κ1) is 12.1. The van der Waals surface area contributed by atoms with Crippen molar-refractivity contribution in [3.8, 4) is 0 Å². The number of rotatable bonds is 1. The number of carbonyl (C=O) groups is 1. The number of methoxy groups -OCH3 is 1. The van der Waals surface area contributed by atoms with Gasteiger partial charge in [0.15, 0.2) is 5.78 Å². The zero-order valence-corrected chi connectivity index (χ0v) is 12.2. The van der Waals surface area contributed by atoms with E-state index in [1.54, 1.807) is 7.11 Å². The molecule has 0 aromatic rings. The fraction of sp³-hybridized carbons (Fsp3) is 0.812. The molecule has 6 atom stereocenters. The van der Waals surface area contributed by atoms with Crippen LogP contribution in [0.3, 0.4) is 0 Å². The summed E-state index contributed by atoms with van der Waals surface area (Å²) in [5.74, 6) is -0.192. The third-order valence-electron chi connectivity index (χ3n) is 7.26. The van der Waals surface area contributed by atoms with Crippen molar-refractivity contribution in [3.63, 3.8) is 0 Å². The van der Waals surface area contributed by atoms with Crippen LogP contribution in [-0.2, 0) is 14.3 Å². The largest absolute Gasteiger partial charge is 0.347 e. The minimum absolute atomic E-state index is 0.0103. The second-order valence-electron chi connectivity index (χ2n) is 7.38. The van der Waals surface area contributed by atoms with Gasteiger partial charge in [-0.1, -0.05) is 32.9 Å². The van der Waals surface area contributed by atoms with E-state index in [2.05, 4.69) is 32.9 Å². The Morgan fingerprint density at radius 2 is 2.05 bits per heavy atom. The Morgan fingerprint density at radius 3 is 2.74 bits per heavy atom. The summed E-state index contributed by atoms with van der Waals surface area (Å²) in [5.41, 5.74) is -0.470. The Bertz CT molecular complexity index is 512. The van der Waals surface area contributed by atoms with E-state index in [-0.39, 0.29) is 22.0 Å². The van der Waals surface area contributed by atoms with Crippen molar-refractivity contribution >= 4 is 5.78 Å². The summed E-state index contributed by atoms with van der Waals surface area (Å²) in [6.45, 7) is 7.30. The molecule has 1 saturated heterocycles. The minimum Gasteiger partial charge on any atom is -0.347 e. The van der Waals surface area contributed by atoms with Crippen LogP contribution < -0.4 is 0 Å². The SMILES string of the molecule is CO[C@@]12OC[C@@]3(C)[C@H]4C=C[C@@H](C)[C@]4(CC[C@@]13C)C2=O. The number of ether oxygens (including phenoxy) is 2. The van der Waals surface area contributed by atoms with Gasteiger partial charge in [-0.2, -0.15) is 0 Å². The van der Waals surface area contributed by atoms with Gasteiger partial charge in [-0.15, -0.1) is 0 Å². The van der Waals surface area contributed by atoms with Gasteiger partial charge < -0.3 is 9.47 Å². The highest BCUT2D eigenvalue weighted by atomic mass is 16.7. The second kappa shape index (κ2) is 2.99. The molecule has 0 amide bonds. The molecule has 4 bridgehead atoms. The van der Waals surface area contributed by atoms with Crippen LogP contribution >= 0.6 is 0 Å². The average molecular weight is 262 g/mol. The number of fused-ring (bicyclic) bond motifs is 1. The molecule has 1 heterocycles. The molecule has 1 spiro atoms. The molecule has 5 aliphatic rings. The third kappa shape index (κ3) is 0.847. The Labute approximate surface area is 114 Å². The summed E-state index contributed by atoms with van der Waals surface area (Å²) in [7, 11) is 1.63. The van der Waals surface area contributed by atoms with Gasteiger partial charge in [0.1, 0.15) is 0 Å². The van der Waals surface area contributed by atoms with Gasteiger partial charge in [-0.3, -0.25) is 4.79 Å². The second-order valence-corrected chi connectivity index (χ2v) is 7.38. The van der Waals surface area contributed by atoms with Crippen LogP contribution in [0, 0.1) is 28.1 Å². The lowest BCUT2D eigenvalue weighted by atomic mass is 9.37. The molecule has 3 heteroatoms. The summed E-state index contributed by atoms with van der Waals surface area (Å²) in [4.78, 5) is 13.3. The molecular weight excluding hydrogens is 240 g/mol. The highest BCUT2D eigenvalue weighted by molar-refractivity contribution is 5.96. The minimum atomic E-state index is -1.00. The lowest BCUT2D eigenvalue weighted by Gasteiger charge is -2.65. The van der Waals surface area contributed by atoms with Crippen LogP contribution in [0.4, 0.5) is 0 Å². The van der Waals surface area contributed by atoms with Crippen LogP contribution in [0.5, 0.6) is 0 Å². The number of hydrogen-bond donors (Lipinski definition) is 0. The van der Waals surface area contributed by atoms with Crippen molar-refractivity contribution in [2.75, 3.05) is 13.7 Å². The van der Waals surface area contributed by atoms with Crippen molar-refractivity contribution in [1.29, 1.82) is 0 Å². The van der Waals surface area contributed by atoms with Gasteiger partial charge in [0.2, 0.25) is 5.79 Å². The summed E-state index contributed by atoms with van der Waals surface area (Å²) < 4.78 is 11.8. The van der Waals surface area contributed by atoms with E-state index >= 15 is 0 Å². The quantitative estimate of drug-likeness (QED) is 0.681. The zero-order chi connectivity index (χ0) is 13.7. The van der Waals surface area contributed by atoms with E-state index < -0.39 is 5.79 Å². The maximum Gasteiger partial charge on any atom is 0.235 e. The fourth-order valence-electron chi connectivity index (χ4n) is 5.82. The lowest BCUT2D eigenvalue weighted by Crippen LogP contribution is -2.73. The standard InChI is InChI=1S/C16H22O3/c1-10-5-6-11-13(2)9-19-16(18-4)12(17)15(10,11)8-7-14(13,16)3/h5-6,10-11H,7-9H2,1-4H3/t10-,11-,13+,14-,15+,16+/m1/s1. The van der Waals surface area contributed by atoms with Crippen molar-refractivity contribution in [3.05, 3.63) is 12.2 Å². The van der Waals surface area contributed by atoms with Gasteiger partial charge in [0.25, 0.3) is 0 Å². The zero-order valence-electron chi connectivity index (χ0n) is 12.2. The Hall–Kier alpha value is -0.670. The molecule has 0 aromatic carbocycles. The summed E-state index contributed by atoms with van der Waals surface area (Å²) in [5, 5.41) is 0. The maximum atomic E-state index is 13.3. The number of hydrogen-bond acceptors (Lipinski definition) is 3. The van der Waals surface area contributed by atoms with E-state index in [9.17, 15) is 4.79 Å². The van der Waals surface area contributed by atoms with Crippen LogP contribution in [0.25, 0.3) is 0 Å². The monoisotopic (exact) mass is 262 g/mol. The Morgan fingerprint density at radius 1 is 1.32 bits per heavy atom. The molecule has 0 N–H and O–H groups in total. The molecule has 4 fully saturated rings. The smallest absolute Gasteiger partial charge is 0.235 e. The Kier molecular flexibility index (Phi) is 1.90. The predicted molar refractivity (Wildman–Crippen MR) is 70.4 cm³/mol. The van der Waals surface area contributed by atoms with E-state index in [4.69, 9.17) is 9.47 Å². The van der Waals surface area contributed by atoms with Crippen LogP contribution in [0.2, 0.25) is 0 Å². The van der Waals surface area contributed by atoms with Crippen LogP contribution in [0.15, 0.2) is 12.2 Å². The first-order chi connectivity index (χ1) is 8.89. The lowest BCUT2D eigenvalue weighted by molar-refractivity contribution is -0.277. The maximum absolute atomic E-state index is 13.3. The molecule has 5 rings (SSSR count). The van der Waals surface area contributed by atoms with E-state index in [0.29, 0.717) is 18.4 Å². The van der Waals surface area contributed by atoms with Gasteiger partial charge in [-0.05, 0) is 24.7 Å². The topological polar surface area (TPSA) is 35.5 Å². The molecule has 0 radical (unpaired) electrons. The first-order valence-corrected chi connectivity index (χ1v) is 7.31. The predicted octanol–water partition coefficient (Wildman–Crippen LogP) is 2.56. The molecule has 0 unspecified atom stereocenters. The molecule has 0 aromatic heterocycles. The average Bonchev–Trinajstić information content (AvgIpc) is 2.82. The van der Waals surface area contributed by atoms with E-state index in [0.717, 1.165) is 12.8 Å². The molecule has 3 saturated carbocycles. The van der Waals surface area contributed by atoms with Gasteiger partial charge in [0.05, 0.1) is 6.61 Å². The molecular formula is C16H22O3. The van der Waals surface area contributed by atoms with Gasteiger partial charge >= 0.3 is 0 Å². The molecule has 1 aliphatic heterocycles. The van der Waals surface area contributed by atoms with Gasteiger partial charge in [0, 0.05) is 23.4 Å². The summed E-state index contributed by atoms with van der Waals surface area (Å²) in [6.07, 6.45) is 6.52. The summed E-state index contributed by atoms with van der Waals surface area (Å²) >= 11 is 0. The fourth-order valence-corrected chi connectivity index (χ4v) is 5.82. The highest BCUT2D eigenvalue weighted by Gasteiger charge is 2.83. The number of Topliss-reactive ketones (excluding diaryl/α,β-unsaturated/α-hetero) is 1. The van der Waals surface area contributed by atoms with Crippen molar-refractivity contribution in [1.82, 2.24) is 0 Å². The molecule has 19 heavy (non-hydrogen) atoms. The third-order valence-corrected chi connectivity index (χ3v) is 7.26. The van der Waals surface area contributed by atoms with Crippen LogP contribution in [-0.4, -0.2) is 25.3 Å². The number of allylic oxidation sites excluding steroid dienone is 2. The normalized spacial score (nSPS) is 61.8. The first-order valence-electron chi connectivity index (χ1n) is 7.31. The van der Waals surface area contributed by atoms with Gasteiger partial charge in [-0.25, -0.2) is 0 Å². The summed E-state index contributed by atoms with van der Waals surface area (Å²) in [6, 6.07) is 0. The number of ketones is 1. The molecule has 104 valence electrons.